The van der Waals surface area contributed by atoms with Crippen LogP contribution in [0.1, 0.15) is 32.4 Å². The van der Waals surface area contributed by atoms with Gasteiger partial charge in [0.25, 0.3) is 0 Å². The Hall–Kier alpha value is -3.02. The molecule has 2 aromatic carbocycles. The van der Waals surface area contributed by atoms with Crippen molar-refractivity contribution in [2.45, 2.75) is 26.8 Å². The summed E-state index contributed by atoms with van der Waals surface area (Å²) in [7, 11) is 1.61. The quantitative estimate of drug-likeness (QED) is 0.849. The maximum Gasteiger partial charge on any atom is 0.322 e. The number of ether oxygens (including phenoxy) is 1. The second-order valence-corrected chi connectivity index (χ2v) is 8.28. The molecule has 3 rings (SSSR count). The van der Waals surface area contributed by atoms with Gasteiger partial charge in [0, 0.05) is 30.7 Å². The molecule has 6 heteroatoms. The normalized spacial score (nSPS) is 17.0. The van der Waals surface area contributed by atoms with Gasteiger partial charge in [-0.15, -0.1) is 0 Å². The number of anilines is 1. The van der Waals surface area contributed by atoms with E-state index in [1.165, 1.54) is 0 Å². The number of carbonyl (C=O) groups excluding carboxylic acids is 2. The topological polar surface area (TPSA) is 61.9 Å². The number of nitrogens with zero attached hydrogens (tertiary/aromatic N) is 2. The zero-order valence-electron chi connectivity index (χ0n) is 17.5. The average molecular weight is 396 g/mol. The number of piperazine rings is 1. The molecule has 6 nitrogen and oxygen atoms in total. The molecule has 0 aliphatic carbocycles. The maximum atomic E-state index is 13.1. The minimum absolute atomic E-state index is 0.105. The summed E-state index contributed by atoms with van der Waals surface area (Å²) >= 11 is 0. The fraction of sp³-hybridized carbons (Fsp3) is 0.391. The van der Waals surface area contributed by atoms with E-state index in [9.17, 15) is 9.59 Å². The molecule has 0 spiro atoms. The Morgan fingerprint density at radius 3 is 2.24 bits per heavy atom. The average Bonchev–Trinajstić information content (AvgIpc) is 2.73. The van der Waals surface area contributed by atoms with Gasteiger partial charge in [0.05, 0.1) is 13.2 Å². The van der Waals surface area contributed by atoms with Crippen molar-refractivity contribution in [1.82, 2.24) is 9.80 Å². The van der Waals surface area contributed by atoms with Gasteiger partial charge in [-0.1, -0.05) is 51.1 Å². The number of hydrogen-bond donors (Lipinski definition) is 1. The summed E-state index contributed by atoms with van der Waals surface area (Å²) in [5.74, 6) is 0.841. The standard InChI is InChI=1S/C23H29N3O3/c1-23(2,3)21(27)25-14-15-26(20(16-25)17-8-6-5-7-9-17)22(28)24-18-10-12-19(29-4)13-11-18/h5-13,20H,14-16H2,1-4H3,(H,24,28). The molecule has 154 valence electrons. The molecule has 0 radical (unpaired) electrons. The van der Waals surface area contributed by atoms with Crippen molar-refractivity contribution < 1.29 is 14.3 Å². The molecule has 2 aromatic rings. The van der Waals surface area contributed by atoms with Gasteiger partial charge in [0.2, 0.25) is 5.91 Å². The molecular weight excluding hydrogens is 366 g/mol. The highest BCUT2D eigenvalue weighted by atomic mass is 16.5. The molecular formula is C23H29N3O3. The van der Waals surface area contributed by atoms with Crippen molar-refractivity contribution in [3.8, 4) is 5.75 Å². The smallest absolute Gasteiger partial charge is 0.322 e. The first kappa shape index (κ1) is 20.7. The van der Waals surface area contributed by atoms with Gasteiger partial charge in [0.1, 0.15) is 5.75 Å². The van der Waals surface area contributed by atoms with Crippen LogP contribution in [0.15, 0.2) is 54.6 Å². The largest absolute Gasteiger partial charge is 0.497 e. The maximum absolute atomic E-state index is 13.1. The van der Waals surface area contributed by atoms with Crippen molar-refractivity contribution in [3.05, 3.63) is 60.2 Å². The Bertz CT molecular complexity index is 844. The molecule has 1 aliphatic heterocycles. The van der Waals surface area contributed by atoms with E-state index >= 15 is 0 Å². The molecule has 1 saturated heterocycles. The fourth-order valence-corrected chi connectivity index (χ4v) is 3.51. The van der Waals surface area contributed by atoms with E-state index in [0.29, 0.717) is 25.3 Å². The van der Waals surface area contributed by atoms with E-state index in [1.807, 2.05) is 85.2 Å². The molecule has 29 heavy (non-hydrogen) atoms. The van der Waals surface area contributed by atoms with E-state index in [-0.39, 0.29) is 18.0 Å². The van der Waals surface area contributed by atoms with Crippen LogP contribution in [0.2, 0.25) is 0 Å². The lowest BCUT2D eigenvalue weighted by atomic mass is 9.93. The molecule has 0 aromatic heterocycles. The van der Waals surface area contributed by atoms with Crippen molar-refractivity contribution >= 4 is 17.6 Å². The third kappa shape index (κ3) is 4.88. The van der Waals surface area contributed by atoms with Crippen molar-refractivity contribution in [1.29, 1.82) is 0 Å². The van der Waals surface area contributed by atoms with Crippen LogP contribution in [0.4, 0.5) is 10.5 Å². The van der Waals surface area contributed by atoms with Crippen LogP contribution >= 0.6 is 0 Å². The van der Waals surface area contributed by atoms with E-state index < -0.39 is 5.41 Å². The molecule has 1 aliphatic rings. The first-order valence-corrected chi connectivity index (χ1v) is 9.85. The fourth-order valence-electron chi connectivity index (χ4n) is 3.51. The van der Waals surface area contributed by atoms with Gasteiger partial charge in [-0.25, -0.2) is 4.79 Å². The first-order chi connectivity index (χ1) is 13.8. The van der Waals surface area contributed by atoms with Crippen molar-refractivity contribution in [3.63, 3.8) is 0 Å². The number of hydrogen-bond acceptors (Lipinski definition) is 3. The summed E-state index contributed by atoms with van der Waals surface area (Å²) in [4.78, 5) is 29.6. The van der Waals surface area contributed by atoms with Gasteiger partial charge >= 0.3 is 6.03 Å². The van der Waals surface area contributed by atoms with Crippen LogP contribution in [0, 0.1) is 5.41 Å². The first-order valence-electron chi connectivity index (χ1n) is 9.85. The van der Waals surface area contributed by atoms with Gasteiger partial charge < -0.3 is 19.9 Å². The van der Waals surface area contributed by atoms with E-state index in [2.05, 4.69) is 5.32 Å². The van der Waals surface area contributed by atoms with Gasteiger partial charge in [-0.3, -0.25) is 4.79 Å². The summed E-state index contributed by atoms with van der Waals surface area (Å²) in [6.07, 6.45) is 0. The zero-order chi connectivity index (χ0) is 21.0. The third-order valence-electron chi connectivity index (χ3n) is 5.10. The highest BCUT2D eigenvalue weighted by Gasteiger charge is 2.36. The highest BCUT2D eigenvalue weighted by Crippen LogP contribution is 2.29. The lowest BCUT2D eigenvalue weighted by molar-refractivity contribution is -0.142. The molecule has 3 amide bonds. The molecule has 1 heterocycles. The number of carbonyl (C=O) groups is 2. The van der Waals surface area contributed by atoms with Gasteiger partial charge in [-0.05, 0) is 29.8 Å². The second kappa shape index (κ2) is 8.55. The molecule has 1 atom stereocenters. The summed E-state index contributed by atoms with van der Waals surface area (Å²) in [5.41, 5.74) is 1.27. The number of rotatable bonds is 3. The van der Waals surface area contributed by atoms with Crippen LogP contribution in [0.25, 0.3) is 0 Å². The third-order valence-corrected chi connectivity index (χ3v) is 5.10. The van der Waals surface area contributed by atoms with Crippen LogP contribution < -0.4 is 10.1 Å². The highest BCUT2D eigenvalue weighted by molar-refractivity contribution is 5.90. The summed E-state index contributed by atoms with van der Waals surface area (Å²) in [6, 6.07) is 16.7. The molecule has 0 bridgehead atoms. The Morgan fingerprint density at radius 2 is 1.66 bits per heavy atom. The van der Waals surface area contributed by atoms with Crippen molar-refractivity contribution in [2.24, 2.45) is 5.41 Å². The lowest BCUT2D eigenvalue weighted by Gasteiger charge is -2.43. The summed E-state index contributed by atoms with van der Waals surface area (Å²) in [5, 5.41) is 2.96. The van der Waals surface area contributed by atoms with Crippen molar-refractivity contribution in [2.75, 3.05) is 32.1 Å². The van der Waals surface area contributed by atoms with Gasteiger partial charge in [-0.2, -0.15) is 0 Å². The SMILES string of the molecule is COc1ccc(NC(=O)N2CCN(C(=O)C(C)(C)C)CC2c2ccccc2)cc1. The lowest BCUT2D eigenvalue weighted by Crippen LogP contribution is -2.55. The number of nitrogens with one attached hydrogen (secondary N) is 1. The number of methoxy groups -OCH3 is 1. The predicted octanol–water partition coefficient (Wildman–Crippen LogP) is 4.16. The van der Waals surface area contributed by atoms with Gasteiger partial charge in [0.15, 0.2) is 0 Å². The number of benzene rings is 2. The molecule has 1 unspecified atom stereocenters. The molecule has 1 N–H and O–H groups in total. The van der Waals surface area contributed by atoms with Crippen LogP contribution in [-0.4, -0.2) is 48.5 Å². The van der Waals surface area contributed by atoms with Crippen LogP contribution in [0.5, 0.6) is 5.75 Å². The zero-order valence-corrected chi connectivity index (χ0v) is 17.5. The summed E-state index contributed by atoms with van der Waals surface area (Å²) in [6.45, 7) is 7.26. The Kier molecular flexibility index (Phi) is 6.11. The number of urea groups is 1. The monoisotopic (exact) mass is 395 g/mol. The number of amides is 3. The van der Waals surface area contributed by atoms with E-state index in [4.69, 9.17) is 4.74 Å². The second-order valence-electron chi connectivity index (χ2n) is 8.28. The Balaban J connectivity index is 1.80. The van der Waals surface area contributed by atoms with E-state index in [1.54, 1.807) is 7.11 Å². The summed E-state index contributed by atoms with van der Waals surface area (Å²) < 4.78 is 5.17. The molecule has 1 fully saturated rings. The van der Waals surface area contributed by atoms with Crippen LogP contribution in [0.3, 0.4) is 0 Å². The minimum atomic E-state index is -0.450. The Morgan fingerprint density at radius 1 is 1.00 bits per heavy atom. The van der Waals surface area contributed by atoms with Crippen LogP contribution in [-0.2, 0) is 4.79 Å². The molecule has 0 saturated carbocycles. The Labute approximate surface area is 172 Å². The minimum Gasteiger partial charge on any atom is -0.497 e. The predicted molar refractivity (Wildman–Crippen MR) is 114 cm³/mol. The van der Waals surface area contributed by atoms with E-state index in [0.717, 1.165) is 11.3 Å².